The number of carbonyl (C=O) groups is 3. The van der Waals surface area contributed by atoms with Gasteiger partial charge in [-0.3, -0.25) is 14.4 Å². The Morgan fingerprint density at radius 1 is 1.11 bits per heavy atom. The Morgan fingerprint density at radius 2 is 1.70 bits per heavy atom. The summed E-state index contributed by atoms with van der Waals surface area (Å²) in [6, 6.07) is 4.88. The van der Waals surface area contributed by atoms with Gasteiger partial charge in [-0.25, -0.2) is 8.42 Å². The standard InChI is InChI=1S/C18H23NO7S/c1-11-5-7-13(8-6-11)27(23,24)19-10-15(12(2)20)14(9-16(21)25-3)17(19)18(22)26-4/h5-8,14-15,17H,9-10H2,1-4H3/t14-,15?,17-/m0/s1. The van der Waals surface area contributed by atoms with E-state index < -0.39 is 39.8 Å². The lowest BCUT2D eigenvalue weighted by molar-refractivity contribution is -0.147. The number of carbonyl (C=O) groups excluding carboxylic acids is 3. The van der Waals surface area contributed by atoms with Crippen LogP contribution in [-0.4, -0.2) is 57.3 Å². The number of hydrogen-bond donors (Lipinski definition) is 0. The molecule has 0 spiro atoms. The van der Waals surface area contributed by atoms with Crippen molar-refractivity contribution < 1.29 is 32.3 Å². The fraction of sp³-hybridized carbons (Fsp3) is 0.500. The van der Waals surface area contributed by atoms with E-state index in [0.29, 0.717) is 0 Å². The third-order valence-corrected chi connectivity index (χ3v) is 6.69. The first-order valence-corrected chi connectivity index (χ1v) is 9.81. The van der Waals surface area contributed by atoms with Gasteiger partial charge >= 0.3 is 11.9 Å². The molecule has 1 fully saturated rings. The summed E-state index contributed by atoms with van der Waals surface area (Å²) >= 11 is 0. The highest BCUT2D eigenvalue weighted by Crippen LogP contribution is 2.38. The third kappa shape index (κ3) is 4.19. The largest absolute Gasteiger partial charge is 0.469 e. The lowest BCUT2D eigenvalue weighted by Gasteiger charge is -2.25. The minimum Gasteiger partial charge on any atom is -0.469 e. The van der Waals surface area contributed by atoms with Crippen LogP contribution in [0.15, 0.2) is 29.2 Å². The molecule has 1 aromatic rings. The molecule has 0 radical (unpaired) electrons. The van der Waals surface area contributed by atoms with Crippen molar-refractivity contribution in [1.82, 2.24) is 4.31 Å². The molecule has 0 bridgehead atoms. The average molecular weight is 397 g/mol. The van der Waals surface area contributed by atoms with Crippen LogP contribution in [0.5, 0.6) is 0 Å². The molecule has 3 atom stereocenters. The van der Waals surface area contributed by atoms with Crippen molar-refractivity contribution in [2.45, 2.75) is 31.2 Å². The van der Waals surface area contributed by atoms with Gasteiger partial charge < -0.3 is 9.47 Å². The maximum atomic E-state index is 13.1. The molecule has 0 aliphatic carbocycles. The van der Waals surface area contributed by atoms with Crippen LogP contribution in [0.2, 0.25) is 0 Å². The van der Waals surface area contributed by atoms with Crippen LogP contribution in [0, 0.1) is 18.8 Å². The molecule has 1 unspecified atom stereocenters. The highest BCUT2D eigenvalue weighted by Gasteiger charge is 2.53. The Labute approximate surface area is 158 Å². The summed E-state index contributed by atoms with van der Waals surface area (Å²) in [5, 5.41) is 0. The Bertz CT molecular complexity index is 832. The fourth-order valence-corrected chi connectivity index (χ4v) is 4.99. The smallest absolute Gasteiger partial charge is 0.324 e. The van der Waals surface area contributed by atoms with E-state index in [0.717, 1.165) is 17.0 Å². The second kappa shape index (κ2) is 8.18. The van der Waals surface area contributed by atoms with Crippen molar-refractivity contribution in [2.75, 3.05) is 20.8 Å². The van der Waals surface area contributed by atoms with Gasteiger partial charge in [-0.1, -0.05) is 17.7 Å². The summed E-state index contributed by atoms with van der Waals surface area (Å²) in [5.74, 6) is -3.42. The summed E-state index contributed by atoms with van der Waals surface area (Å²) in [6.07, 6.45) is -0.263. The highest BCUT2D eigenvalue weighted by molar-refractivity contribution is 7.89. The summed E-state index contributed by atoms with van der Waals surface area (Å²) in [5.41, 5.74) is 0.880. The predicted molar refractivity (Wildman–Crippen MR) is 95.2 cm³/mol. The Kier molecular flexibility index (Phi) is 6.38. The zero-order chi connectivity index (χ0) is 20.4. The van der Waals surface area contributed by atoms with Gasteiger partial charge in [-0.2, -0.15) is 4.31 Å². The average Bonchev–Trinajstić information content (AvgIpc) is 3.01. The highest BCUT2D eigenvalue weighted by atomic mass is 32.2. The van der Waals surface area contributed by atoms with Crippen molar-refractivity contribution >= 4 is 27.7 Å². The van der Waals surface area contributed by atoms with Gasteiger partial charge in [0, 0.05) is 18.4 Å². The predicted octanol–water partition coefficient (Wildman–Crippen LogP) is 0.925. The van der Waals surface area contributed by atoms with Gasteiger partial charge in [0.15, 0.2) is 0 Å². The molecule has 27 heavy (non-hydrogen) atoms. The second-order valence-electron chi connectivity index (χ2n) is 6.52. The number of methoxy groups -OCH3 is 2. The first kappa shape index (κ1) is 21.0. The van der Waals surface area contributed by atoms with Gasteiger partial charge in [0.2, 0.25) is 10.0 Å². The Balaban J connectivity index is 2.52. The number of sulfonamides is 1. The number of benzene rings is 1. The van der Waals surface area contributed by atoms with Crippen molar-refractivity contribution in [3.63, 3.8) is 0 Å². The van der Waals surface area contributed by atoms with Gasteiger partial charge in [0.25, 0.3) is 0 Å². The van der Waals surface area contributed by atoms with E-state index in [2.05, 4.69) is 4.74 Å². The lowest BCUT2D eigenvalue weighted by Crippen LogP contribution is -2.44. The third-order valence-electron chi connectivity index (χ3n) is 4.83. The quantitative estimate of drug-likeness (QED) is 0.657. The first-order chi connectivity index (χ1) is 12.6. The van der Waals surface area contributed by atoms with Crippen molar-refractivity contribution in [3.8, 4) is 0 Å². The van der Waals surface area contributed by atoms with Crippen LogP contribution in [0.4, 0.5) is 0 Å². The Morgan fingerprint density at radius 3 is 2.19 bits per heavy atom. The summed E-state index contributed by atoms with van der Waals surface area (Å²) in [7, 11) is -1.75. The molecule has 0 aromatic heterocycles. The zero-order valence-corrected chi connectivity index (χ0v) is 16.5. The molecule has 1 aromatic carbocycles. The van der Waals surface area contributed by atoms with Gasteiger partial charge in [0.1, 0.15) is 11.8 Å². The summed E-state index contributed by atoms with van der Waals surface area (Å²) < 4.78 is 36.7. The second-order valence-corrected chi connectivity index (χ2v) is 8.41. The molecule has 8 nitrogen and oxygen atoms in total. The van der Waals surface area contributed by atoms with Crippen LogP contribution in [0.25, 0.3) is 0 Å². The number of ketones is 1. The SMILES string of the molecule is COC(=O)C[C@H]1C(C(C)=O)CN(S(=O)(=O)c2ccc(C)cc2)[C@@H]1C(=O)OC. The molecule has 0 amide bonds. The van der Waals surface area contributed by atoms with Crippen LogP contribution in [0.3, 0.4) is 0 Å². The first-order valence-electron chi connectivity index (χ1n) is 8.37. The van der Waals surface area contributed by atoms with Crippen molar-refractivity contribution in [2.24, 2.45) is 11.8 Å². The molecule has 1 heterocycles. The topological polar surface area (TPSA) is 107 Å². The van der Waals surface area contributed by atoms with E-state index in [-0.39, 0.29) is 23.6 Å². The number of Topliss-reactive ketones (excluding diaryl/α,β-unsaturated/α-hetero) is 1. The molecule has 9 heteroatoms. The van der Waals surface area contributed by atoms with Crippen LogP contribution in [0.1, 0.15) is 18.9 Å². The van der Waals surface area contributed by atoms with Gasteiger partial charge in [0.05, 0.1) is 25.5 Å². The maximum Gasteiger partial charge on any atom is 0.324 e. The zero-order valence-electron chi connectivity index (χ0n) is 15.7. The maximum absolute atomic E-state index is 13.1. The van der Waals surface area contributed by atoms with E-state index in [9.17, 15) is 22.8 Å². The van der Waals surface area contributed by atoms with Gasteiger partial charge in [-0.15, -0.1) is 0 Å². The van der Waals surface area contributed by atoms with E-state index >= 15 is 0 Å². The van der Waals surface area contributed by atoms with Crippen LogP contribution < -0.4 is 0 Å². The van der Waals surface area contributed by atoms with E-state index in [4.69, 9.17) is 4.74 Å². The van der Waals surface area contributed by atoms with Crippen LogP contribution >= 0.6 is 0 Å². The summed E-state index contributed by atoms with van der Waals surface area (Å²) in [6.45, 7) is 2.93. The molecular weight excluding hydrogens is 374 g/mol. The fourth-order valence-electron chi connectivity index (χ4n) is 3.34. The van der Waals surface area contributed by atoms with E-state index in [1.54, 1.807) is 12.1 Å². The number of ether oxygens (including phenoxy) is 2. The van der Waals surface area contributed by atoms with Gasteiger partial charge in [-0.05, 0) is 26.0 Å². The number of hydrogen-bond acceptors (Lipinski definition) is 7. The number of esters is 2. The molecule has 0 saturated carbocycles. The van der Waals surface area contributed by atoms with Crippen LogP contribution in [-0.2, 0) is 33.9 Å². The van der Waals surface area contributed by atoms with E-state index in [1.165, 1.54) is 26.2 Å². The minimum absolute atomic E-state index is 0.00280. The molecule has 0 N–H and O–H groups in total. The molecule has 1 aliphatic heterocycles. The molecular formula is C18H23NO7S. The van der Waals surface area contributed by atoms with E-state index in [1.807, 2.05) is 6.92 Å². The number of rotatable bonds is 6. The number of aryl methyl sites for hydroxylation is 1. The minimum atomic E-state index is -4.07. The molecule has 1 aliphatic rings. The van der Waals surface area contributed by atoms with Crippen molar-refractivity contribution in [1.29, 1.82) is 0 Å². The monoisotopic (exact) mass is 397 g/mol. The molecule has 1 saturated heterocycles. The normalized spacial score (nSPS) is 23.0. The number of nitrogens with zero attached hydrogens (tertiary/aromatic N) is 1. The molecule has 2 rings (SSSR count). The van der Waals surface area contributed by atoms with Crippen molar-refractivity contribution in [3.05, 3.63) is 29.8 Å². The summed E-state index contributed by atoms with van der Waals surface area (Å²) in [4.78, 5) is 36.3. The molecule has 148 valence electrons. The Hall–Kier alpha value is -2.26. The lowest BCUT2D eigenvalue weighted by atomic mass is 9.85.